The normalized spacial score (nSPS) is 12.1. The fourth-order valence-corrected chi connectivity index (χ4v) is 1.86. The van der Waals surface area contributed by atoms with Crippen LogP contribution in [0, 0.1) is 0 Å². The molecule has 0 aliphatic heterocycles. The number of Topliss-reactive ketones (excluding diaryl/α,β-unsaturated/α-hetero) is 1. The minimum Gasteiger partial charge on any atom is -0.508 e. The summed E-state index contributed by atoms with van der Waals surface area (Å²) in [5, 5.41) is 37.8. The monoisotopic (exact) mass is 274 g/mol. The maximum Gasteiger partial charge on any atom is 0.195 e. The Hall–Kier alpha value is -2.53. The van der Waals surface area contributed by atoms with Crippen LogP contribution in [0.25, 0.3) is 0 Å². The summed E-state index contributed by atoms with van der Waals surface area (Å²) >= 11 is 0. The lowest BCUT2D eigenvalue weighted by Crippen LogP contribution is -2.23. The minimum atomic E-state index is -1.31. The molecule has 0 bridgehead atoms. The first kappa shape index (κ1) is 13.9. The van der Waals surface area contributed by atoms with Crippen molar-refractivity contribution in [2.45, 2.75) is 12.5 Å². The number of ketones is 1. The average molecular weight is 274 g/mol. The molecular formula is C15H14O5. The van der Waals surface area contributed by atoms with E-state index in [0.717, 1.165) is 6.07 Å². The van der Waals surface area contributed by atoms with Crippen molar-refractivity contribution < 1.29 is 25.2 Å². The number of benzene rings is 2. The third kappa shape index (κ3) is 3.07. The second kappa shape index (κ2) is 5.63. The van der Waals surface area contributed by atoms with Gasteiger partial charge in [0.05, 0.1) is 5.56 Å². The van der Waals surface area contributed by atoms with Crippen molar-refractivity contribution in [2.24, 2.45) is 0 Å². The van der Waals surface area contributed by atoms with Gasteiger partial charge in [0, 0.05) is 12.5 Å². The van der Waals surface area contributed by atoms with Gasteiger partial charge in [0.1, 0.15) is 23.4 Å². The lowest BCUT2D eigenvalue weighted by molar-refractivity contribution is 0.0745. The molecule has 0 heterocycles. The first-order chi connectivity index (χ1) is 9.47. The highest BCUT2D eigenvalue weighted by Crippen LogP contribution is 2.24. The molecule has 1 atom stereocenters. The summed E-state index contributed by atoms with van der Waals surface area (Å²) in [4.78, 5) is 12.0. The van der Waals surface area contributed by atoms with E-state index in [1.807, 2.05) is 0 Å². The fraction of sp³-hybridized carbons (Fsp3) is 0.133. The summed E-state index contributed by atoms with van der Waals surface area (Å²) in [6.45, 7) is 0. The maximum atomic E-state index is 12.0. The van der Waals surface area contributed by atoms with Crippen LogP contribution < -0.4 is 0 Å². The first-order valence-electron chi connectivity index (χ1n) is 5.99. The Labute approximate surface area is 115 Å². The van der Waals surface area contributed by atoms with Gasteiger partial charge in [0.15, 0.2) is 5.78 Å². The van der Waals surface area contributed by atoms with Gasteiger partial charge >= 0.3 is 0 Å². The second-order valence-electron chi connectivity index (χ2n) is 4.45. The molecule has 0 amide bonds. The van der Waals surface area contributed by atoms with Crippen molar-refractivity contribution in [3.8, 4) is 17.2 Å². The number of aromatic hydroxyl groups is 3. The van der Waals surface area contributed by atoms with E-state index in [2.05, 4.69) is 0 Å². The predicted octanol–water partition coefficient (Wildman–Crippen LogP) is 1.59. The number of aliphatic hydroxyl groups is 1. The van der Waals surface area contributed by atoms with Gasteiger partial charge in [0.25, 0.3) is 0 Å². The van der Waals surface area contributed by atoms with Gasteiger partial charge in [-0.15, -0.1) is 0 Å². The molecule has 0 unspecified atom stereocenters. The molecule has 0 spiro atoms. The molecule has 0 fully saturated rings. The third-order valence-electron chi connectivity index (χ3n) is 2.91. The minimum absolute atomic E-state index is 0.0471. The molecule has 2 aromatic carbocycles. The van der Waals surface area contributed by atoms with Gasteiger partial charge in [-0.2, -0.15) is 0 Å². The number of phenols is 3. The van der Waals surface area contributed by atoms with Crippen LogP contribution in [0.3, 0.4) is 0 Å². The van der Waals surface area contributed by atoms with Crippen LogP contribution in [0.1, 0.15) is 15.9 Å². The number of phenolic OH excluding ortho intramolecular Hbond substituents is 3. The Balaban J connectivity index is 2.14. The van der Waals surface area contributed by atoms with Gasteiger partial charge in [0.2, 0.25) is 0 Å². The Morgan fingerprint density at radius 1 is 0.950 bits per heavy atom. The zero-order valence-electron chi connectivity index (χ0n) is 10.5. The van der Waals surface area contributed by atoms with Crippen LogP contribution in [0.2, 0.25) is 0 Å². The number of carbonyl (C=O) groups is 1. The standard InChI is InChI=1S/C15H14O5/c16-10-3-1-9(2-4-10)7-14(19)15(20)12-6-5-11(17)8-13(12)18/h1-6,8,14,16-19H,7H2/t14-/m1/s1. The van der Waals surface area contributed by atoms with Gasteiger partial charge in [-0.3, -0.25) is 4.79 Å². The topological polar surface area (TPSA) is 98.0 Å². The van der Waals surface area contributed by atoms with E-state index in [9.17, 15) is 15.0 Å². The van der Waals surface area contributed by atoms with Gasteiger partial charge in [-0.25, -0.2) is 0 Å². The number of aliphatic hydroxyl groups excluding tert-OH is 1. The average Bonchev–Trinajstić information content (AvgIpc) is 2.40. The van der Waals surface area contributed by atoms with Crippen LogP contribution in [-0.4, -0.2) is 32.3 Å². The molecule has 4 N–H and O–H groups in total. The van der Waals surface area contributed by atoms with Gasteiger partial charge in [-0.1, -0.05) is 12.1 Å². The molecule has 5 nitrogen and oxygen atoms in total. The van der Waals surface area contributed by atoms with Gasteiger partial charge in [-0.05, 0) is 29.8 Å². The third-order valence-corrected chi connectivity index (χ3v) is 2.91. The van der Waals surface area contributed by atoms with E-state index in [0.29, 0.717) is 5.56 Å². The molecule has 0 saturated carbocycles. The predicted molar refractivity (Wildman–Crippen MR) is 71.9 cm³/mol. The van der Waals surface area contributed by atoms with E-state index in [-0.39, 0.29) is 29.2 Å². The summed E-state index contributed by atoms with van der Waals surface area (Å²) in [6, 6.07) is 9.69. The van der Waals surface area contributed by atoms with E-state index in [4.69, 9.17) is 10.2 Å². The number of carbonyl (C=O) groups excluding carboxylic acids is 1. The smallest absolute Gasteiger partial charge is 0.195 e. The van der Waals surface area contributed by atoms with Crippen molar-refractivity contribution in [3.63, 3.8) is 0 Å². The Morgan fingerprint density at radius 2 is 1.55 bits per heavy atom. The molecule has 0 radical (unpaired) electrons. The van der Waals surface area contributed by atoms with Crippen LogP contribution >= 0.6 is 0 Å². The molecule has 2 aromatic rings. The zero-order valence-corrected chi connectivity index (χ0v) is 10.5. The van der Waals surface area contributed by atoms with Crippen molar-refractivity contribution >= 4 is 5.78 Å². The highest BCUT2D eigenvalue weighted by molar-refractivity contribution is 6.01. The largest absolute Gasteiger partial charge is 0.508 e. The number of hydrogen-bond acceptors (Lipinski definition) is 5. The van der Waals surface area contributed by atoms with Crippen molar-refractivity contribution in [1.29, 1.82) is 0 Å². The van der Waals surface area contributed by atoms with Crippen molar-refractivity contribution in [3.05, 3.63) is 53.6 Å². The quantitative estimate of drug-likeness (QED) is 0.635. The Morgan fingerprint density at radius 3 is 2.15 bits per heavy atom. The highest BCUT2D eigenvalue weighted by Gasteiger charge is 2.20. The number of hydrogen-bond donors (Lipinski definition) is 4. The Bertz CT molecular complexity index is 619. The first-order valence-corrected chi connectivity index (χ1v) is 5.99. The summed E-state index contributed by atoms with van der Waals surface area (Å²) < 4.78 is 0. The van der Waals surface area contributed by atoms with E-state index in [1.54, 1.807) is 12.1 Å². The van der Waals surface area contributed by atoms with Crippen LogP contribution in [0.5, 0.6) is 17.2 Å². The lowest BCUT2D eigenvalue weighted by atomic mass is 9.99. The van der Waals surface area contributed by atoms with E-state index in [1.165, 1.54) is 24.3 Å². The van der Waals surface area contributed by atoms with Gasteiger partial charge < -0.3 is 20.4 Å². The van der Waals surface area contributed by atoms with Crippen molar-refractivity contribution in [2.75, 3.05) is 0 Å². The highest BCUT2D eigenvalue weighted by atomic mass is 16.3. The second-order valence-corrected chi connectivity index (χ2v) is 4.45. The van der Waals surface area contributed by atoms with Crippen LogP contribution in [0.4, 0.5) is 0 Å². The van der Waals surface area contributed by atoms with E-state index < -0.39 is 11.9 Å². The summed E-state index contributed by atoms with van der Waals surface area (Å²) in [5.41, 5.74) is 0.635. The molecule has 104 valence electrons. The van der Waals surface area contributed by atoms with Crippen molar-refractivity contribution in [1.82, 2.24) is 0 Å². The number of rotatable bonds is 4. The molecule has 0 aliphatic carbocycles. The molecular weight excluding hydrogens is 260 g/mol. The maximum absolute atomic E-state index is 12.0. The van der Waals surface area contributed by atoms with Crippen LogP contribution in [0.15, 0.2) is 42.5 Å². The lowest BCUT2D eigenvalue weighted by Gasteiger charge is -2.11. The zero-order chi connectivity index (χ0) is 14.7. The molecule has 0 aromatic heterocycles. The summed E-state index contributed by atoms with van der Waals surface area (Å²) in [6.07, 6.45) is -1.24. The Kier molecular flexibility index (Phi) is 3.91. The molecule has 20 heavy (non-hydrogen) atoms. The SMILES string of the molecule is O=C(c1ccc(O)cc1O)[C@H](O)Cc1ccc(O)cc1. The fourth-order valence-electron chi connectivity index (χ4n) is 1.86. The molecule has 0 saturated heterocycles. The van der Waals surface area contributed by atoms with Crippen LogP contribution in [-0.2, 0) is 6.42 Å². The molecule has 2 rings (SSSR count). The molecule has 0 aliphatic rings. The van der Waals surface area contributed by atoms with E-state index >= 15 is 0 Å². The molecule has 5 heteroatoms. The summed E-state index contributed by atoms with van der Waals surface area (Å²) in [7, 11) is 0. The summed E-state index contributed by atoms with van der Waals surface area (Å²) in [5.74, 6) is -1.06.